The van der Waals surface area contributed by atoms with Crippen LogP contribution in [0.5, 0.6) is 0 Å². The topological polar surface area (TPSA) is 97.5 Å². The van der Waals surface area contributed by atoms with Gasteiger partial charge in [-0.3, -0.25) is 19.7 Å². The molecule has 0 amide bonds. The van der Waals surface area contributed by atoms with Crippen molar-refractivity contribution in [2.45, 2.75) is 19.3 Å². The van der Waals surface area contributed by atoms with E-state index in [0.717, 1.165) is 0 Å². The van der Waals surface area contributed by atoms with Gasteiger partial charge in [0.1, 0.15) is 5.78 Å². The van der Waals surface area contributed by atoms with Crippen LogP contribution in [0.25, 0.3) is 0 Å². The van der Waals surface area contributed by atoms with Gasteiger partial charge in [0.25, 0.3) is 0 Å². The second-order valence-corrected chi connectivity index (χ2v) is 3.48. The Morgan fingerprint density at radius 1 is 1.64 bits per heavy atom. The Hall–Kier alpha value is -1.46. The Balaban J connectivity index is 2.61. The molecule has 1 N–H and O–H groups in total. The van der Waals surface area contributed by atoms with Crippen molar-refractivity contribution in [3.63, 3.8) is 0 Å². The molecule has 14 heavy (non-hydrogen) atoms. The Bertz CT molecular complexity index is 275. The van der Waals surface area contributed by atoms with Crippen LogP contribution in [-0.4, -0.2) is 28.3 Å². The molecule has 0 spiro atoms. The molecule has 0 aliphatic heterocycles. The average Bonchev–Trinajstić information content (AvgIpc) is 2.34. The van der Waals surface area contributed by atoms with Gasteiger partial charge >= 0.3 is 5.97 Å². The van der Waals surface area contributed by atoms with Crippen LogP contribution in [0, 0.1) is 22.0 Å². The SMILES string of the molecule is O=C(O)CC1C(=O)CC[C@@H]1C[N+](=O)[O-]. The third-order valence-electron chi connectivity index (χ3n) is 2.52. The Labute approximate surface area is 80.1 Å². The molecular weight excluding hydrogens is 190 g/mol. The maximum Gasteiger partial charge on any atom is 0.304 e. The van der Waals surface area contributed by atoms with E-state index in [4.69, 9.17) is 5.11 Å². The van der Waals surface area contributed by atoms with E-state index in [-0.39, 0.29) is 25.2 Å². The molecule has 0 radical (unpaired) electrons. The van der Waals surface area contributed by atoms with Crippen molar-refractivity contribution in [3.05, 3.63) is 10.1 Å². The lowest BCUT2D eigenvalue weighted by atomic mass is 9.92. The molecule has 0 aromatic heterocycles. The van der Waals surface area contributed by atoms with E-state index in [1.54, 1.807) is 0 Å². The minimum Gasteiger partial charge on any atom is -0.481 e. The number of carbonyl (C=O) groups is 2. The number of hydrogen-bond donors (Lipinski definition) is 1. The van der Waals surface area contributed by atoms with E-state index in [0.29, 0.717) is 6.42 Å². The van der Waals surface area contributed by atoms with Crippen LogP contribution >= 0.6 is 0 Å². The summed E-state index contributed by atoms with van der Waals surface area (Å²) in [5, 5.41) is 18.8. The van der Waals surface area contributed by atoms with Gasteiger partial charge in [0, 0.05) is 23.2 Å². The molecule has 6 nitrogen and oxygen atoms in total. The highest BCUT2D eigenvalue weighted by atomic mass is 16.6. The highest BCUT2D eigenvalue weighted by Crippen LogP contribution is 2.31. The van der Waals surface area contributed by atoms with Gasteiger partial charge < -0.3 is 5.11 Å². The third kappa shape index (κ3) is 2.51. The molecule has 1 unspecified atom stereocenters. The molecule has 0 heterocycles. The smallest absolute Gasteiger partial charge is 0.304 e. The van der Waals surface area contributed by atoms with E-state index >= 15 is 0 Å². The number of rotatable bonds is 4. The molecule has 1 saturated carbocycles. The Kier molecular flexibility index (Phi) is 3.16. The maximum absolute atomic E-state index is 11.2. The minimum absolute atomic E-state index is 0.153. The highest BCUT2D eigenvalue weighted by molar-refractivity contribution is 5.86. The van der Waals surface area contributed by atoms with Crippen LogP contribution in [0.15, 0.2) is 0 Å². The van der Waals surface area contributed by atoms with Gasteiger partial charge in [0.05, 0.1) is 6.42 Å². The van der Waals surface area contributed by atoms with E-state index in [2.05, 4.69) is 0 Å². The van der Waals surface area contributed by atoms with E-state index in [1.807, 2.05) is 0 Å². The van der Waals surface area contributed by atoms with E-state index in [1.165, 1.54) is 0 Å². The Morgan fingerprint density at radius 3 is 2.79 bits per heavy atom. The summed E-state index contributed by atoms with van der Waals surface area (Å²) in [7, 11) is 0. The third-order valence-corrected chi connectivity index (χ3v) is 2.52. The Morgan fingerprint density at radius 2 is 2.29 bits per heavy atom. The fourth-order valence-electron chi connectivity index (χ4n) is 1.86. The molecule has 1 rings (SSSR count). The summed E-state index contributed by atoms with van der Waals surface area (Å²) in [5.74, 6) is -2.27. The zero-order chi connectivity index (χ0) is 10.7. The first-order valence-electron chi connectivity index (χ1n) is 4.37. The highest BCUT2D eigenvalue weighted by Gasteiger charge is 2.38. The largest absolute Gasteiger partial charge is 0.481 e. The van der Waals surface area contributed by atoms with Crippen LogP contribution in [0.2, 0.25) is 0 Å². The van der Waals surface area contributed by atoms with Crippen molar-refractivity contribution in [3.8, 4) is 0 Å². The minimum atomic E-state index is -1.07. The van der Waals surface area contributed by atoms with Crippen LogP contribution in [0.4, 0.5) is 0 Å². The number of carboxylic acid groups (broad SMARTS) is 1. The number of nitro groups is 1. The zero-order valence-electron chi connectivity index (χ0n) is 7.51. The van der Waals surface area contributed by atoms with Crippen molar-refractivity contribution in [2.75, 3.05) is 6.54 Å². The van der Waals surface area contributed by atoms with E-state index in [9.17, 15) is 19.7 Å². The van der Waals surface area contributed by atoms with Gasteiger partial charge in [-0.25, -0.2) is 0 Å². The predicted octanol–water partition coefficient (Wildman–Crippen LogP) is 0.333. The van der Waals surface area contributed by atoms with Crippen molar-refractivity contribution >= 4 is 11.8 Å². The second kappa shape index (κ2) is 4.17. The monoisotopic (exact) mass is 201 g/mol. The van der Waals surface area contributed by atoms with Crippen molar-refractivity contribution < 1.29 is 19.6 Å². The quantitative estimate of drug-likeness (QED) is 0.522. The molecule has 1 aliphatic carbocycles. The predicted molar refractivity (Wildman–Crippen MR) is 45.3 cm³/mol. The summed E-state index contributed by atoms with van der Waals surface area (Å²) in [6.45, 7) is -0.302. The van der Waals surface area contributed by atoms with Gasteiger partial charge in [-0.05, 0) is 6.42 Å². The standard InChI is InChI=1S/C8H11NO5/c10-7-2-1-5(4-9(13)14)6(7)3-8(11)12/h5-6H,1-4H2,(H,11,12)/t5-,6?/m1/s1. The molecule has 0 aromatic rings. The maximum atomic E-state index is 11.2. The zero-order valence-corrected chi connectivity index (χ0v) is 7.51. The molecule has 0 aromatic carbocycles. The molecular formula is C8H11NO5. The fourth-order valence-corrected chi connectivity index (χ4v) is 1.86. The average molecular weight is 201 g/mol. The summed E-state index contributed by atoms with van der Waals surface area (Å²) >= 11 is 0. The molecule has 6 heteroatoms. The second-order valence-electron chi connectivity index (χ2n) is 3.48. The number of carboxylic acids is 1. The first-order chi connectivity index (χ1) is 6.50. The lowest BCUT2D eigenvalue weighted by Gasteiger charge is -2.11. The van der Waals surface area contributed by atoms with Gasteiger partial charge in [0.15, 0.2) is 0 Å². The number of nitrogens with zero attached hydrogens (tertiary/aromatic N) is 1. The van der Waals surface area contributed by atoms with Gasteiger partial charge in [-0.15, -0.1) is 0 Å². The first kappa shape index (κ1) is 10.6. The first-order valence-corrected chi connectivity index (χ1v) is 4.37. The van der Waals surface area contributed by atoms with E-state index < -0.39 is 22.7 Å². The van der Waals surface area contributed by atoms with Gasteiger partial charge in [-0.2, -0.15) is 0 Å². The number of hydrogen-bond acceptors (Lipinski definition) is 4. The summed E-state index contributed by atoms with van der Waals surface area (Å²) in [4.78, 5) is 31.4. The number of aliphatic carboxylic acids is 1. The lowest BCUT2D eigenvalue weighted by molar-refractivity contribution is -0.489. The van der Waals surface area contributed by atoms with Crippen LogP contribution in [-0.2, 0) is 9.59 Å². The van der Waals surface area contributed by atoms with Crippen molar-refractivity contribution in [1.82, 2.24) is 0 Å². The number of Topliss-reactive ketones (excluding diaryl/α,β-unsaturated/α-hetero) is 1. The molecule has 0 saturated heterocycles. The normalized spacial score (nSPS) is 26.4. The summed E-state index contributed by atoms with van der Waals surface area (Å²) in [6, 6.07) is 0. The molecule has 0 bridgehead atoms. The van der Waals surface area contributed by atoms with Gasteiger partial charge in [-0.1, -0.05) is 0 Å². The lowest BCUT2D eigenvalue weighted by Crippen LogP contribution is -2.24. The summed E-state index contributed by atoms with van der Waals surface area (Å²) < 4.78 is 0. The number of ketones is 1. The van der Waals surface area contributed by atoms with Crippen LogP contribution < -0.4 is 0 Å². The summed E-state index contributed by atoms with van der Waals surface area (Å²) in [6.07, 6.45) is 0.436. The fraction of sp³-hybridized carbons (Fsp3) is 0.750. The van der Waals surface area contributed by atoms with Gasteiger partial charge in [0.2, 0.25) is 6.54 Å². The molecule has 1 fully saturated rings. The molecule has 2 atom stereocenters. The van der Waals surface area contributed by atoms with Crippen LogP contribution in [0.3, 0.4) is 0 Å². The van der Waals surface area contributed by atoms with Crippen molar-refractivity contribution in [1.29, 1.82) is 0 Å². The van der Waals surface area contributed by atoms with Crippen molar-refractivity contribution in [2.24, 2.45) is 11.8 Å². The summed E-state index contributed by atoms with van der Waals surface area (Å²) in [5.41, 5.74) is 0. The van der Waals surface area contributed by atoms with Crippen LogP contribution in [0.1, 0.15) is 19.3 Å². The molecule has 78 valence electrons. The number of carbonyl (C=O) groups excluding carboxylic acids is 1. The molecule has 1 aliphatic rings.